The normalized spacial score (nSPS) is 11.6. The van der Waals surface area contributed by atoms with E-state index < -0.39 is 0 Å². The minimum absolute atomic E-state index is 0.881. The van der Waals surface area contributed by atoms with E-state index in [-0.39, 0.29) is 0 Å². The summed E-state index contributed by atoms with van der Waals surface area (Å²) in [5.41, 5.74) is 11.5. The second-order valence-electron chi connectivity index (χ2n) is 11.1. The maximum absolute atomic E-state index is 5.09. The Labute approximate surface area is 259 Å². The van der Waals surface area contributed by atoms with Crippen LogP contribution < -0.4 is 4.90 Å². The molecular formula is C40H27N5. The van der Waals surface area contributed by atoms with Gasteiger partial charge in [-0.15, -0.1) is 0 Å². The third-order valence-corrected chi connectivity index (χ3v) is 8.55. The van der Waals surface area contributed by atoms with Gasteiger partial charge in [-0.25, -0.2) is 0 Å². The van der Waals surface area contributed by atoms with Crippen LogP contribution in [0, 0.1) is 0 Å². The predicted octanol–water partition coefficient (Wildman–Crippen LogP) is 10.1. The van der Waals surface area contributed by atoms with Crippen molar-refractivity contribution in [1.82, 2.24) is 19.1 Å². The molecule has 0 atom stereocenters. The number of pyridine rings is 2. The van der Waals surface area contributed by atoms with Crippen LogP contribution in [0.15, 0.2) is 164 Å². The molecule has 0 aliphatic carbocycles. The third-order valence-electron chi connectivity index (χ3n) is 8.55. The molecule has 0 saturated carbocycles. The van der Waals surface area contributed by atoms with Crippen molar-refractivity contribution in [3.05, 3.63) is 164 Å². The van der Waals surface area contributed by atoms with Gasteiger partial charge in [-0.1, -0.05) is 78.9 Å². The van der Waals surface area contributed by atoms with Crippen molar-refractivity contribution in [3.8, 4) is 11.4 Å². The first-order valence-electron chi connectivity index (χ1n) is 15.1. The van der Waals surface area contributed by atoms with Gasteiger partial charge in [-0.3, -0.25) is 9.97 Å². The zero-order chi connectivity index (χ0) is 29.7. The molecule has 4 aromatic heterocycles. The molecule has 9 aromatic rings. The standard InChI is InChI=1S/C40H27N5/c1-4-14-28(15-5-1)43(29-16-6-2-7-17-29)31-20-12-21-32(26-31)45-36-24-13-25-41-37(36)38-40(45)39-34(27-42-38)33-22-10-11-23-35(33)44(39)30-18-8-3-9-19-30/h1-27H. The van der Waals surface area contributed by atoms with Crippen molar-refractivity contribution in [2.24, 2.45) is 0 Å². The molecule has 45 heavy (non-hydrogen) atoms. The van der Waals surface area contributed by atoms with Crippen LogP contribution in [-0.4, -0.2) is 19.1 Å². The summed E-state index contributed by atoms with van der Waals surface area (Å²) < 4.78 is 4.71. The number of para-hydroxylation sites is 4. The summed E-state index contributed by atoms with van der Waals surface area (Å²) in [4.78, 5) is 12.3. The molecule has 0 radical (unpaired) electrons. The van der Waals surface area contributed by atoms with E-state index in [4.69, 9.17) is 9.97 Å². The molecule has 212 valence electrons. The van der Waals surface area contributed by atoms with E-state index in [9.17, 15) is 0 Å². The largest absolute Gasteiger partial charge is 0.310 e. The van der Waals surface area contributed by atoms with Crippen LogP contribution in [0.4, 0.5) is 17.1 Å². The number of fused-ring (bicyclic) bond motifs is 7. The summed E-state index contributed by atoms with van der Waals surface area (Å²) in [6.07, 6.45) is 3.87. The number of hydrogen-bond acceptors (Lipinski definition) is 3. The second kappa shape index (κ2) is 10.2. The van der Waals surface area contributed by atoms with Crippen LogP contribution in [0.5, 0.6) is 0 Å². The minimum atomic E-state index is 0.881. The SMILES string of the molecule is c1ccc(N(c2ccccc2)c2cccc(-n3c4cccnc4c4ncc5c6ccccc6n(-c6ccccc6)c5c43)c2)cc1. The summed E-state index contributed by atoms with van der Waals surface area (Å²) >= 11 is 0. The van der Waals surface area contributed by atoms with Gasteiger partial charge in [-0.05, 0) is 72.8 Å². The number of anilines is 3. The molecular weight excluding hydrogens is 550 g/mol. The number of benzene rings is 5. The molecule has 5 heteroatoms. The first kappa shape index (κ1) is 25.3. The Morgan fingerprint density at radius 1 is 0.422 bits per heavy atom. The molecule has 0 amide bonds. The zero-order valence-corrected chi connectivity index (χ0v) is 24.3. The summed E-state index contributed by atoms with van der Waals surface area (Å²) in [5.74, 6) is 0. The maximum atomic E-state index is 5.09. The Morgan fingerprint density at radius 3 is 1.78 bits per heavy atom. The fourth-order valence-electron chi connectivity index (χ4n) is 6.68. The smallest absolute Gasteiger partial charge is 0.117 e. The Balaban J connectivity index is 1.39. The fourth-order valence-corrected chi connectivity index (χ4v) is 6.68. The van der Waals surface area contributed by atoms with Crippen LogP contribution in [0.3, 0.4) is 0 Å². The number of aromatic nitrogens is 4. The van der Waals surface area contributed by atoms with Gasteiger partial charge in [0.15, 0.2) is 0 Å². The van der Waals surface area contributed by atoms with Crippen molar-refractivity contribution >= 4 is 60.9 Å². The number of hydrogen-bond donors (Lipinski definition) is 0. The predicted molar refractivity (Wildman–Crippen MR) is 185 cm³/mol. The Hall–Kier alpha value is -6.20. The van der Waals surface area contributed by atoms with Gasteiger partial charge in [0.2, 0.25) is 0 Å². The Morgan fingerprint density at radius 2 is 1.02 bits per heavy atom. The van der Waals surface area contributed by atoms with E-state index in [2.05, 4.69) is 160 Å². The van der Waals surface area contributed by atoms with Crippen LogP contribution in [0.2, 0.25) is 0 Å². The highest BCUT2D eigenvalue weighted by atomic mass is 15.1. The third kappa shape index (κ3) is 3.95. The van der Waals surface area contributed by atoms with E-state index in [1.807, 2.05) is 18.5 Å². The average molecular weight is 578 g/mol. The average Bonchev–Trinajstić information content (AvgIpc) is 3.63. The van der Waals surface area contributed by atoms with E-state index in [1.165, 1.54) is 5.39 Å². The summed E-state index contributed by atoms with van der Waals surface area (Å²) in [5, 5.41) is 2.28. The number of nitrogens with zero attached hydrogens (tertiary/aromatic N) is 5. The molecule has 0 saturated heterocycles. The summed E-state index contributed by atoms with van der Waals surface area (Å²) in [6.45, 7) is 0. The molecule has 0 fully saturated rings. The quantitative estimate of drug-likeness (QED) is 0.204. The molecule has 5 nitrogen and oxygen atoms in total. The van der Waals surface area contributed by atoms with Crippen LogP contribution in [0.25, 0.3) is 55.2 Å². The van der Waals surface area contributed by atoms with Gasteiger partial charge < -0.3 is 14.0 Å². The molecule has 9 rings (SSSR count). The molecule has 0 N–H and O–H groups in total. The monoisotopic (exact) mass is 577 g/mol. The van der Waals surface area contributed by atoms with Gasteiger partial charge in [0.1, 0.15) is 11.0 Å². The van der Waals surface area contributed by atoms with Gasteiger partial charge in [0, 0.05) is 51.6 Å². The van der Waals surface area contributed by atoms with Crippen molar-refractivity contribution < 1.29 is 0 Å². The van der Waals surface area contributed by atoms with E-state index in [0.717, 1.165) is 66.9 Å². The van der Waals surface area contributed by atoms with E-state index >= 15 is 0 Å². The molecule has 0 spiro atoms. The van der Waals surface area contributed by atoms with E-state index in [1.54, 1.807) is 0 Å². The van der Waals surface area contributed by atoms with Gasteiger partial charge >= 0.3 is 0 Å². The zero-order valence-electron chi connectivity index (χ0n) is 24.3. The van der Waals surface area contributed by atoms with Gasteiger partial charge in [0.05, 0.1) is 22.1 Å². The summed E-state index contributed by atoms with van der Waals surface area (Å²) in [7, 11) is 0. The summed E-state index contributed by atoms with van der Waals surface area (Å²) in [6, 6.07) is 53.1. The highest BCUT2D eigenvalue weighted by Crippen LogP contribution is 2.41. The molecule has 0 aliphatic heterocycles. The number of rotatable bonds is 5. The second-order valence-corrected chi connectivity index (χ2v) is 11.1. The lowest BCUT2D eigenvalue weighted by molar-refractivity contribution is 1.14. The van der Waals surface area contributed by atoms with Gasteiger partial charge in [-0.2, -0.15) is 0 Å². The van der Waals surface area contributed by atoms with Crippen molar-refractivity contribution in [2.45, 2.75) is 0 Å². The lowest BCUT2D eigenvalue weighted by Gasteiger charge is -2.26. The Kier molecular flexibility index (Phi) is 5.74. The van der Waals surface area contributed by atoms with Crippen molar-refractivity contribution in [1.29, 1.82) is 0 Å². The van der Waals surface area contributed by atoms with Crippen LogP contribution >= 0.6 is 0 Å². The van der Waals surface area contributed by atoms with Crippen LogP contribution in [0.1, 0.15) is 0 Å². The van der Waals surface area contributed by atoms with Crippen molar-refractivity contribution in [2.75, 3.05) is 4.90 Å². The van der Waals surface area contributed by atoms with Crippen LogP contribution in [-0.2, 0) is 0 Å². The highest BCUT2D eigenvalue weighted by Gasteiger charge is 2.23. The lowest BCUT2D eigenvalue weighted by Crippen LogP contribution is -2.10. The van der Waals surface area contributed by atoms with Crippen molar-refractivity contribution in [3.63, 3.8) is 0 Å². The molecule has 5 aromatic carbocycles. The highest BCUT2D eigenvalue weighted by molar-refractivity contribution is 6.21. The molecule has 0 bridgehead atoms. The topological polar surface area (TPSA) is 38.9 Å². The lowest BCUT2D eigenvalue weighted by atomic mass is 10.1. The molecule has 4 heterocycles. The fraction of sp³-hybridized carbons (Fsp3) is 0. The maximum Gasteiger partial charge on any atom is 0.117 e. The first-order chi connectivity index (χ1) is 22.4. The van der Waals surface area contributed by atoms with Gasteiger partial charge in [0.25, 0.3) is 0 Å². The Bertz CT molecular complexity index is 2440. The molecule has 0 aliphatic rings. The first-order valence-corrected chi connectivity index (χ1v) is 15.1. The van der Waals surface area contributed by atoms with E-state index in [0.29, 0.717) is 0 Å². The minimum Gasteiger partial charge on any atom is -0.310 e. The molecule has 0 unspecified atom stereocenters.